The number of ether oxygens (including phenoxy) is 1. The summed E-state index contributed by atoms with van der Waals surface area (Å²) >= 11 is 0. The fraction of sp³-hybridized carbons (Fsp3) is 0.143. The van der Waals surface area contributed by atoms with Crippen molar-refractivity contribution >= 4 is 5.91 Å². The van der Waals surface area contributed by atoms with E-state index < -0.39 is 0 Å². The van der Waals surface area contributed by atoms with Gasteiger partial charge in [0.25, 0.3) is 5.91 Å². The lowest BCUT2D eigenvalue weighted by Gasteiger charge is -2.16. The van der Waals surface area contributed by atoms with Gasteiger partial charge in [0.15, 0.2) is 0 Å². The van der Waals surface area contributed by atoms with E-state index in [1.165, 1.54) is 0 Å². The van der Waals surface area contributed by atoms with Crippen LogP contribution < -0.4 is 10.1 Å². The third-order valence-electron chi connectivity index (χ3n) is 3.95. The van der Waals surface area contributed by atoms with Gasteiger partial charge in [0.05, 0.1) is 6.04 Å². The molecule has 0 aliphatic heterocycles. The maximum absolute atomic E-state index is 12.7. The van der Waals surface area contributed by atoms with Gasteiger partial charge in [-0.25, -0.2) is 0 Å². The Hall–Kier alpha value is -3.14. The van der Waals surface area contributed by atoms with E-state index in [1.54, 1.807) is 12.4 Å². The Balaban J connectivity index is 1.70. The Morgan fingerprint density at radius 2 is 1.68 bits per heavy atom. The van der Waals surface area contributed by atoms with Crippen LogP contribution in [0.25, 0.3) is 0 Å². The molecular weight excluding hydrogens is 312 g/mol. The summed E-state index contributed by atoms with van der Waals surface area (Å²) in [5.41, 5.74) is 2.49. The first-order chi connectivity index (χ1) is 12.2. The van der Waals surface area contributed by atoms with Gasteiger partial charge in [-0.05, 0) is 42.8 Å². The average molecular weight is 332 g/mol. The third-order valence-corrected chi connectivity index (χ3v) is 3.95. The second-order valence-electron chi connectivity index (χ2n) is 5.73. The van der Waals surface area contributed by atoms with Gasteiger partial charge in [0.1, 0.15) is 12.4 Å². The Morgan fingerprint density at radius 3 is 2.44 bits per heavy atom. The lowest BCUT2D eigenvalue weighted by molar-refractivity contribution is 0.0937. The van der Waals surface area contributed by atoms with Crippen molar-refractivity contribution in [3.05, 3.63) is 95.8 Å². The molecule has 0 radical (unpaired) electrons. The zero-order chi connectivity index (χ0) is 17.5. The summed E-state index contributed by atoms with van der Waals surface area (Å²) in [5, 5.41) is 3.03. The molecule has 0 aliphatic rings. The molecule has 0 aliphatic carbocycles. The Kier molecular flexibility index (Phi) is 5.42. The number of aromatic nitrogens is 1. The number of para-hydroxylation sites is 1. The van der Waals surface area contributed by atoms with Gasteiger partial charge < -0.3 is 10.1 Å². The normalized spacial score (nSPS) is 11.6. The molecule has 0 fully saturated rings. The minimum absolute atomic E-state index is 0.0985. The molecule has 1 N–H and O–H groups in total. The predicted octanol–water partition coefficient (Wildman–Crippen LogP) is 4.15. The maximum Gasteiger partial charge on any atom is 0.252 e. The SMILES string of the molecule is CC(NC(=O)c1ccccc1COc1ccccc1)c1ccncc1. The average Bonchev–Trinajstić information content (AvgIpc) is 2.68. The van der Waals surface area contributed by atoms with Gasteiger partial charge in [-0.3, -0.25) is 9.78 Å². The first-order valence-corrected chi connectivity index (χ1v) is 8.20. The van der Waals surface area contributed by atoms with E-state index in [0.717, 1.165) is 16.9 Å². The van der Waals surface area contributed by atoms with E-state index in [9.17, 15) is 4.79 Å². The Labute approximate surface area is 147 Å². The third kappa shape index (κ3) is 4.44. The van der Waals surface area contributed by atoms with E-state index in [2.05, 4.69) is 10.3 Å². The molecule has 1 unspecified atom stereocenters. The lowest BCUT2D eigenvalue weighted by Crippen LogP contribution is -2.27. The van der Waals surface area contributed by atoms with Crippen LogP contribution in [0.4, 0.5) is 0 Å². The summed E-state index contributed by atoms with van der Waals surface area (Å²) in [5.74, 6) is 0.666. The van der Waals surface area contributed by atoms with Crippen LogP contribution >= 0.6 is 0 Å². The first kappa shape index (κ1) is 16.7. The number of hydrogen-bond donors (Lipinski definition) is 1. The monoisotopic (exact) mass is 332 g/mol. The summed E-state index contributed by atoms with van der Waals surface area (Å²) in [4.78, 5) is 16.7. The van der Waals surface area contributed by atoms with Crippen molar-refractivity contribution in [2.24, 2.45) is 0 Å². The molecule has 1 aromatic heterocycles. The summed E-state index contributed by atoms with van der Waals surface area (Å²) in [6.45, 7) is 2.30. The van der Waals surface area contributed by atoms with Crippen LogP contribution in [-0.2, 0) is 6.61 Å². The zero-order valence-electron chi connectivity index (χ0n) is 14.1. The van der Waals surface area contributed by atoms with Gasteiger partial charge in [-0.15, -0.1) is 0 Å². The summed E-state index contributed by atoms with van der Waals surface area (Å²) in [6.07, 6.45) is 3.44. The minimum Gasteiger partial charge on any atom is -0.489 e. The molecule has 1 atom stereocenters. The molecule has 2 aromatic carbocycles. The molecule has 0 saturated heterocycles. The molecule has 1 amide bonds. The van der Waals surface area contributed by atoms with Crippen LogP contribution in [-0.4, -0.2) is 10.9 Å². The number of carbonyl (C=O) groups excluding carboxylic acids is 1. The van der Waals surface area contributed by atoms with Crippen molar-refractivity contribution in [2.45, 2.75) is 19.6 Å². The molecular formula is C21H20N2O2. The number of nitrogens with zero attached hydrogens (tertiary/aromatic N) is 1. The van der Waals surface area contributed by atoms with Crippen molar-refractivity contribution in [3.63, 3.8) is 0 Å². The van der Waals surface area contributed by atoms with Crippen molar-refractivity contribution in [1.29, 1.82) is 0 Å². The molecule has 3 aromatic rings. The summed E-state index contributed by atoms with van der Waals surface area (Å²) < 4.78 is 5.78. The molecule has 25 heavy (non-hydrogen) atoms. The van der Waals surface area contributed by atoms with E-state index in [0.29, 0.717) is 12.2 Å². The fourth-order valence-electron chi connectivity index (χ4n) is 2.56. The molecule has 0 spiro atoms. The van der Waals surface area contributed by atoms with Gasteiger partial charge in [0.2, 0.25) is 0 Å². The van der Waals surface area contributed by atoms with Gasteiger partial charge in [-0.1, -0.05) is 36.4 Å². The first-order valence-electron chi connectivity index (χ1n) is 8.20. The summed E-state index contributed by atoms with van der Waals surface area (Å²) in [6, 6.07) is 20.8. The molecule has 0 bridgehead atoms. The van der Waals surface area contributed by atoms with Crippen molar-refractivity contribution in [2.75, 3.05) is 0 Å². The number of rotatable bonds is 6. The Bertz CT molecular complexity index is 820. The van der Waals surface area contributed by atoms with E-state index in [1.807, 2.05) is 73.7 Å². The van der Waals surface area contributed by atoms with Crippen LogP contribution in [0.1, 0.15) is 34.5 Å². The van der Waals surface area contributed by atoms with Crippen LogP contribution in [0.15, 0.2) is 79.1 Å². The predicted molar refractivity (Wildman–Crippen MR) is 97.3 cm³/mol. The number of pyridine rings is 1. The molecule has 1 heterocycles. The number of benzene rings is 2. The van der Waals surface area contributed by atoms with Gasteiger partial charge in [0, 0.05) is 23.5 Å². The number of amides is 1. The van der Waals surface area contributed by atoms with Crippen LogP contribution in [0.2, 0.25) is 0 Å². The van der Waals surface area contributed by atoms with Gasteiger partial charge >= 0.3 is 0 Å². The molecule has 4 heteroatoms. The van der Waals surface area contributed by atoms with Crippen LogP contribution in [0.5, 0.6) is 5.75 Å². The smallest absolute Gasteiger partial charge is 0.252 e. The molecule has 0 saturated carbocycles. The van der Waals surface area contributed by atoms with Crippen molar-refractivity contribution in [1.82, 2.24) is 10.3 Å². The standard InChI is InChI=1S/C21H20N2O2/c1-16(17-11-13-22-14-12-17)23-21(24)20-10-6-5-7-18(20)15-25-19-8-3-2-4-9-19/h2-14,16H,15H2,1H3,(H,23,24). The highest BCUT2D eigenvalue weighted by Gasteiger charge is 2.14. The highest BCUT2D eigenvalue weighted by molar-refractivity contribution is 5.95. The number of nitrogens with one attached hydrogen (secondary N) is 1. The highest BCUT2D eigenvalue weighted by Crippen LogP contribution is 2.17. The van der Waals surface area contributed by atoms with Crippen molar-refractivity contribution < 1.29 is 9.53 Å². The quantitative estimate of drug-likeness (QED) is 0.738. The minimum atomic E-state index is -0.114. The molecule has 3 rings (SSSR count). The van der Waals surface area contributed by atoms with Crippen LogP contribution in [0, 0.1) is 0 Å². The van der Waals surface area contributed by atoms with E-state index >= 15 is 0 Å². The zero-order valence-corrected chi connectivity index (χ0v) is 14.1. The molecule has 4 nitrogen and oxygen atoms in total. The fourth-order valence-corrected chi connectivity index (χ4v) is 2.56. The number of carbonyl (C=O) groups is 1. The van der Waals surface area contributed by atoms with Crippen LogP contribution in [0.3, 0.4) is 0 Å². The van der Waals surface area contributed by atoms with E-state index in [-0.39, 0.29) is 11.9 Å². The maximum atomic E-state index is 12.7. The van der Waals surface area contributed by atoms with Crippen molar-refractivity contribution in [3.8, 4) is 5.75 Å². The number of hydrogen-bond acceptors (Lipinski definition) is 3. The van der Waals surface area contributed by atoms with E-state index in [4.69, 9.17) is 4.74 Å². The second kappa shape index (κ2) is 8.11. The summed E-state index contributed by atoms with van der Waals surface area (Å²) in [7, 11) is 0. The van der Waals surface area contributed by atoms with Gasteiger partial charge in [-0.2, -0.15) is 0 Å². The largest absolute Gasteiger partial charge is 0.489 e. The topological polar surface area (TPSA) is 51.2 Å². The lowest BCUT2D eigenvalue weighted by atomic mass is 10.1. The highest BCUT2D eigenvalue weighted by atomic mass is 16.5. The molecule has 126 valence electrons. The Morgan fingerprint density at radius 1 is 1.00 bits per heavy atom. The second-order valence-corrected chi connectivity index (χ2v) is 5.73.